The highest BCUT2D eigenvalue weighted by atomic mass is 32.3. The highest BCUT2D eigenvalue weighted by molar-refractivity contribution is 8.64. The zero-order valence-corrected chi connectivity index (χ0v) is 13.0. The minimum absolute atomic E-state index is 0.155. The topological polar surface area (TPSA) is 34.1 Å². The van der Waals surface area contributed by atoms with E-state index in [1.165, 1.54) is 0 Å². The van der Waals surface area contributed by atoms with Crippen LogP contribution in [0.1, 0.15) is 20.7 Å². The molecule has 0 N–H and O–H groups in total. The van der Waals surface area contributed by atoms with Gasteiger partial charge in [0, 0.05) is 11.1 Å². The van der Waals surface area contributed by atoms with Crippen molar-refractivity contribution in [3.8, 4) is 0 Å². The normalized spacial score (nSPS) is 10.8. The lowest BCUT2D eigenvalue weighted by Crippen LogP contribution is -2.13. The third-order valence-corrected chi connectivity index (χ3v) is 5.50. The van der Waals surface area contributed by atoms with Gasteiger partial charge in [-0.15, -0.1) is 12.6 Å². The molecule has 0 unspecified atom stereocenters. The molecule has 0 aliphatic carbocycles. The summed E-state index contributed by atoms with van der Waals surface area (Å²) in [6.45, 7) is 0. The van der Waals surface area contributed by atoms with E-state index in [2.05, 4.69) is 12.6 Å². The van der Waals surface area contributed by atoms with Crippen LogP contribution in [0.2, 0.25) is 0 Å². The van der Waals surface area contributed by atoms with Crippen molar-refractivity contribution in [2.24, 2.45) is 0 Å². The number of hydrogen-bond donors (Lipinski definition) is 2. The first-order valence-electron chi connectivity index (χ1n) is 5.83. The lowest BCUT2D eigenvalue weighted by molar-refractivity contribution is 0.106. The van der Waals surface area contributed by atoms with E-state index in [0.717, 1.165) is 0 Å². The summed E-state index contributed by atoms with van der Waals surface area (Å²) >= 11 is 9.11. The molecular formula is C15H12O2S3. The molecule has 0 fully saturated rings. The van der Waals surface area contributed by atoms with Crippen molar-refractivity contribution in [1.82, 2.24) is 0 Å². The Bertz CT molecular complexity index is 587. The van der Waals surface area contributed by atoms with Crippen molar-refractivity contribution in [3.63, 3.8) is 0 Å². The highest BCUT2D eigenvalue weighted by Crippen LogP contribution is 2.37. The first-order chi connectivity index (χ1) is 9.61. The minimum atomic E-state index is -1.78. The van der Waals surface area contributed by atoms with E-state index in [0.29, 0.717) is 11.1 Å². The Kier molecular flexibility index (Phi) is 5.11. The predicted octanol–water partition coefficient (Wildman–Crippen LogP) is 3.88. The molecule has 5 heteroatoms. The molecule has 0 saturated heterocycles. The molecule has 0 heterocycles. The number of hydrogen-bond acceptors (Lipinski definition) is 3. The summed E-state index contributed by atoms with van der Waals surface area (Å²) in [6.07, 6.45) is 0. The summed E-state index contributed by atoms with van der Waals surface area (Å²) in [5.74, 6) is 0. The van der Waals surface area contributed by atoms with E-state index >= 15 is 0 Å². The average Bonchev–Trinajstić information content (AvgIpc) is 2.48. The Balaban J connectivity index is 2.36. The Morgan fingerprint density at radius 3 is 1.45 bits per heavy atom. The highest BCUT2D eigenvalue weighted by Gasteiger charge is 2.26. The molecule has 102 valence electrons. The Labute approximate surface area is 131 Å². The van der Waals surface area contributed by atoms with E-state index in [9.17, 15) is 9.59 Å². The van der Waals surface area contributed by atoms with Crippen LogP contribution < -0.4 is 0 Å². The molecule has 0 aliphatic heterocycles. The molecule has 0 bridgehead atoms. The van der Waals surface area contributed by atoms with E-state index in [-0.39, 0.29) is 13.8 Å². The van der Waals surface area contributed by atoms with E-state index in [1.54, 1.807) is 48.5 Å². The van der Waals surface area contributed by atoms with E-state index in [4.69, 9.17) is 12.2 Å². The van der Waals surface area contributed by atoms with Crippen LogP contribution in [-0.4, -0.2) is 13.8 Å². The zero-order valence-electron chi connectivity index (χ0n) is 10.4. The standard InChI is InChI=1S/C15H12O2S3/c16-13(11-7-3-1-4-8-11)20(15(18)19)14(17)12-9-5-2-6-10-12/h1-10,20H,(H,18,19). The van der Waals surface area contributed by atoms with Crippen molar-refractivity contribution < 1.29 is 9.59 Å². The summed E-state index contributed by atoms with van der Waals surface area (Å²) in [4.78, 5) is 24.9. The van der Waals surface area contributed by atoms with Gasteiger partial charge in [-0.3, -0.25) is 9.59 Å². The van der Waals surface area contributed by atoms with Gasteiger partial charge in [0.15, 0.2) is 0 Å². The number of carbonyl (C=O) groups excluding carboxylic acids is 2. The number of benzene rings is 2. The minimum Gasteiger partial charge on any atom is -0.283 e. The van der Waals surface area contributed by atoms with Crippen molar-refractivity contribution >= 4 is 49.5 Å². The third kappa shape index (κ3) is 3.36. The smallest absolute Gasteiger partial charge is 0.211 e. The van der Waals surface area contributed by atoms with Crippen LogP contribution in [0.25, 0.3) is 0 Å². The van der Waals surface area contributed by atoms with Crippen LogP contribution in [0, 0.1) is 0 Å². The van der Waals surface area contributed by atoms with Crippen LogP contribution in [0.4, 0.5) is 0 Å². The first-order valence-corrected chi connectivity index (χ1v) is 8.03. The maximum absolute atomic E-state index is 12.5. The molecule has 0 amide bonds. The quantitative estimate of drug-likeness (QED) is 0.651. The van der Waals surface area contributed by atoms with Crippen LogP contribution in [0.5, 0.6) is 0 Å². The molecule has 0 atom stereocenters. The van der Waals surface area contributed by atoms with E-state index in [1.807, 2.05) is 12.1 Å². The van der Waals surface area contributed by atoms with Crippen LogP contribution in [-0.2, 0) is 0 Å². The largest absolute Gasteiger partial charge is 0.283 e. The monoisotopic (exact) mass is 320 g/mol. The molecule has 2 aromatic rings. The Morgan fingerprint density at radius 1 is 0.800 bits per heavy atom. The van der Waals surface area contributed by atoms with Crippen molar-refractivity contribution in [2.75, 3.05) is 0 Å². The molecule has 2 rings (SSSR count). The molecule has 20 heavy (non-hydrogen) atoms. The second kappa shape index (κ2) is 6.83. The van der Waals surface area contributed by atoms with Crippen molar-refractivity contribution in [2.45, 2.75) is 0 Å². The summed E-state index contributed by atoms with van der Waals surface area (Å²) in [5, 5.41) is -0.510. The summed E-state index contributed by atoms with van der Waals surface area (Å²) in [5.41, 5.74) is 0.971. The maximum Gasteiger partial charge on any atom is 0.211 e. The van der Waals surface area contributed by atoms with Gasteiger partial charge in [0.1, 0.15) is 0 Å². The molecule has 0 radical (unpaired) electrons. The summed E-state index contributed by atoms with van der Waals surface area (Å²) in [7, 11) is -1.78. The maximum atomic E-state index is 12.5. The SMILES string of the molecule is O=C(c1ccccc1)[SH](C(=O)c1ccccc1)C(=S)S. The van der Waals surface area contributed by atoms with Gasteiger partial charge in [0.25, 0.3) is 0 Å². The second-order valence-electron chi connectivity index (χ2n) is 3.96. The Morgan fingerprint density at radius 2 is 1.15 bits per heavy atom. The molecule has 0 saturated carbocycles. The van der Waals surface area contributed by atoms with Crippen molar-refractivity contribution in [3.05, 3.63) is 71.8 Å². The summed E-state index contributed by atoms with van der Waals surface area (Å²) in [6, 6.07) is 17.4. The zero-order chi connectivity index (χ0) is 14.5. The molecule has 0 aliphatic rings. The van der Waals surface area contributed by atoms with Gasteiger partial charge in [0.2, 0.25) is 10.2 Å². The van der Waals surface area contributed by atoms with Crippen molar-refractivity contribution in [1.29, 1.82) is 0 Å². The van der Waals surface area contributed by atoms with Crippen LogP contribution in [0.3, 0.4) is 0 Å². The van der Waals surface area contributed by atoms with Gasteiger partial charge in [-0.05, 0) is 0 Å². The second-order valence-corrected chi connectivity index (χ2v) is 7.70. The van der Waals surface area contributed by atoms with Gasteiger partial charge in [0.05, 0.1) is 3.53 Å². The lowest BCUT2D eigenvalue weighted by Gasteiger charge is -2.17. The van der Waals surface area contributed by atoms with Gasteiger partial charge in [-0.25, -0.2) is 0 Å². The number of rotatable bonds is 2. The van der Waals surface area contributed by atoms with Gasteiger partial charge in [-0.1, -0.05) is 83.8 Å². The van der Waals surface area contributed by atoms with Gasteiger partial charge in [-0.2, -0.15) is 0 Å². The number of thiol groups is 2. The van der Waals surface area contributed by atoms with Crippen LogP contribution in [0.15, 0.2) is 60.7 Å². The van der Waals surface area contributed by atoms with E-state index < -0.39 is 10.9 Å². The molecular weight excluding hydrogens is 308 g/mol. The fourth-order valence-corrected chi connectivity index (χ4v) is 4.07. The Hall–Kier alpha value is -1.43. The summed E-state index contributed by atoms with van der Waals surface area (Å²) < 4.78 is 0.155. The third-order valence-electron chi connectivity index (χ3n) is 2.64. The first kappa shape index (κ1) is 15.0. The number of carbonyl (C=O) groups is 2. The van der Waals surface area contributed by atoms with Gasteiger partial charge >= 0.3 is 0 Å². The predicted molar refractivity (Wildman–Crippen MR) is 92.1 cm³/mol. The average molecular weight is 320 g/mol. The fraction of sp³-hybridized carbons (Fsp3) is 0. The molecule has 0 spiro atoms. The fourth-order valence-electron chi connectivity index (χ4n) is 1.69. The molecule has 0 aromatic heterocycles. The molecule has 2 aromatic carbocycles. The van der Waals surface area contributed by atoms with Gasteiger partial charge < -0.3 is 0 Å². The molecule has 2 nitrogen and oxygen atoms in total. The van der Waals surface area contributed by atoms with Crippen LogP contribution >= 0.6 is 35.7 Å². The lowest BCUT2D eigenvalue weighted by atomic mass is 10.2. The number of thiocarbonyl (C=S) groups is 1.